The van der Waals surface area contributed by atoms with Crippen molar-refractivity contribution < 1.29 is 0 Å². The summed E-state index contributed by atoms with van der Waals surface area (Å²) >= 11 is 0. The van der Waals surface area contributed by atoms with Gasteiger partial charge < -0.3 is 5.73 Å². The van der Waals surface area contributed by atoms with Crippen LogP contribution in [0.2, 0.25) is 0 Å². The molecule has 74 valence electrons. The smallest absolute Gasteiger partial charge is 0.00745 e. The van der Waals surface area contributed by atoms with Gasteiger partial charge in [-0.2, -0.15) is 0 Å². The number of hydrogen-bond donors (Lipinski definition) is 1. The molecule has 0 rings (SSSR count). The molecule has 2 N–H and O–H groups in total. The monoisotopic (exact) mass is 171 g/mol. The van der Waals surface area contributed by atoms with Crippen LogP contribution in [0.1, 0.15) is 52.9 Å². The second-order valence-electron chi connectivity index (χ2n) is 3.70. The first-order chi connectivity index (χ1) is 5.79. The Hall–Kier alpha value is -0.0400. The van der Waals surface area contributed by atoms with E-state index in [0.29, 0.717) is 0 Å². The molecule has 0 saturated heterocycles. The molecule has 0 spiro atoms. The van der Waals surface area contributed by atoms with Gasteiger partial charge in [0.15, 0.2) is 0 Å². The summed E-state index contributed by atoms with van der Waals surface area (Å²) in [5, 5.41) is 0. The van der Waals surface area contributed by atoms with Crippen LogP contribution in [0.4, 0.5) is 0 Å². The highest BCUT2D eigenvalue weighted by Gasteiger charge is 2.16. The van der Waals surface area contributed by atoms with Crippen LogP contribution in [0.15, 0.2) is 0 Å². The van der Waals surface area contributed by atoms with E-state index in [0.717, 1.165) is 18.4 Å². The van der Waals surface area contributed by atoms with E-state index in [2.05, 4.69) is 20.8 Å². The maximum absolute atomic E-state index is 5.61. The van der Waals surface area contributed by atoms with Gasteiger partial charge in [-0.25, -0.2) is 0 Å². The van der Waals surface area contributed by atoms with E-state index in [1.54, 1.807) is 0 Å². The zero-order valence-corrected chi connectivity index (χ0v) is 8.97. The van der Waals surface area contributed by atoms with Crippen molar-refractivity contribution in [3.8, 4) is 0 Å². The summed E-state index contributed by atoms with van der Waals surface area (Å²) < 4.78 is 0. The lowest BCUT2D eigenvalue weighted by Crippen LogP contribution is -2.17. The average molecular weight is 171 g/mol. The molecular weight excluding hydrogens is 146 g/mol. The molecular formula is C11H25N. The van der Waals surface area contributed by atoms with Crippen molar-refractivity contribution in [2.24, 2.45) is 17.6 Å². The van der Waals surface area contributed by atoms with Crippen LogP contribution in [0, 0.1) is 11.8 Å². The van der Waals surface area contributed by atoms with Crippen molar-refractivity contribution in [3.63, 3.8) is 0 Å². The molecule has 0 aromatic rings. The molecule has 0 aromatic carbocycles. The SMILES string of the molecule is CCCC(CCN)C(CC)CC. The third-order valence-corrected chi connectivity index (χ3v) is 2.91. The van der Waals surface area contributed by atoms with Crippen LogP contribution >= 0.6 is 0 Å². The topological polar surface area (TPSA) is 26.0 Å². The van der Waals surface area contributed by atoms with Crippen molar-refractivity contribution >= 4 is 0 Å². The zero-order chi connectivity index (χ0) is 9.40. The van der Waals surface area contributed by atoms with Gasteiger partial charge in [0.25, 0.3) is 0 Å². The molecule has 0 radical (unpaired) electrons. The second-order valence-corrected chi connectivity index (χ2v) is 3.70. The molecule has 0 heterocycles. The fourth-order valence-electron chi connectivity index (χ4n) is 2.16. The van der Waals surface area contributed by atoms with Crippen LogP contribution in [0.3, 0.4) is 0 Å². The van der Waals surface area contributed by atoms with Crippen LogP contribution < -0.4 is 5.73 Å². The third-order valence-electron chi connectivity index (χ3n) is 2.91. The molecule has 0 aliphatic carbocycles. The molecule has 1 atom stereocenters. The minimum Gasteiger partial charge on any atom is -0.330 e. The molecule has 1 unspecified atom stereocenters. The quantitative estimate of drug-likeness (QED) is 0.625. The summed E-state index contributed by atoms with van der Waals surface area (Å²) in [4.78, 5) is 0. The van der Waals surface area contributed by atoms with Gasteiger partial charge in [0.1, 0.15) is 0 Å². The maximum Gasteiger partial charge on any atom is -0.00745 e. The maximum atomic E-state index is 5.61. The van der Waals surface area contributed by atoms with Crippen LogP contribution in [-0.4, -0.2) is 6.54 Å². The summed E-state index contributed by atoms with van der Waals surface area (Å²) in [6.07, 6.45) is 6.53. The normalized spacial score (nSPS) is 13.8. The van der Waals surface area contributed by atoms with Crippen molar-refractivity contribution in [1.82, 2.24) is 0 Å². The van der Waals surface area contributed by atoms with E-state index in [4.69, 9.17) is 5.73 Å². The Balaban J connectivity index is 3.86. The first-order valence-electron chi connectivity index (χ1n) is 5.50. The van der Waals surface area contributed by atoms with Gasteiger partial charge in [-0.1, -0.05) is 46.5 Å². The van der Waals surface area contributed by atoms with Crippen molar-refractivity contribution in [3.05, 3.63) is 0 Å². The molecule has 0 aliphatic rings. The van der Waals surface area contributed by atoms with Crippen molar-refractivity contribution in [2.45, 2.75) is 52.9 Å². The molecule has 0 bridgehead atoms. The molecule has 0 fully saturated rings. The van der Waals surface area contributed by atoms with E-state index >= 15 is 0 Å². The minimum atomic E-state index is 0.862. The molecule has 0 amide bonds. The molecule has 0 aliphatic heterocycles. The van der Waals surface area contributed by atoms with Gasteiger partial charge in [-0.05, 0) is 24.8 Å². The second kappa shape index (κ2) is 7.60. The van der Waals surface area contributed by atoms with Gasteiger partial charge in [-0.3, -0.25) is 0 Å². The largest absolute Gasteiger partial charge is 0.330 e. The predicted molar refractivity (Wildman–Crippen MR) is 56.1 cm³/mol. The Morgan fingerprint density at radius 1 is 0.917 bits per heavy atom. The lowest BCUT2D eigenvalue weighted by atomic mass is 9.82. The first kappa shape index (κ1) is 12.0. The zero-order valence-electron chi connectivity index (χ0n) is 8.97. The fraction of sp³-hybridized carbons (Fsp3) is 1.00. The van der Waals surface area contributed by atoms with Gasteiger partial charge in [0.05, 0.1) is 0 Å². The Morgan fingerprint density at radius 2 is 1.50 bits per heavy atom. The molecule has 0 saturated carbocycles. The first-order valence-corrected chi connectivity index (χ1v) is 5.50. The van der Waals surface area contributed by atoms with Gasteiger partial charge in [0, 0.05) is 0 Å². The summed E-state index contributed by atoms with van der Waals surface area (Å²) in [7, 11) is 0. The summed E-state index contributed by atoms with van der Waals surface area (Å²) in [5.74, 6) is 1.79. The van der Waals surface area contributed by atoms with Crippen molar-refractivity contribution in [2.75, 3.05) is 6.54 Å². The van der Waals surface area contributed by atoms with E-state index in [9.17, 15) is 0 Å². The average Bonchev–Trinajstić information content (AvgIpc) is 2.07. The van der Waals surface area contributed by atoms with E-state index in [1.807, 2.05) is 0 Å². The van der Waals surface area contributed by atoms with Gasteiger partial charge in [-0.15, -0.1) is 0 Å². The Morgan fingerprint density at radius 3 is 1.83 bits per heavy atom. The Labute approximate surface area is 77.7 Å². The highest BCUT2D eigenvalue weighted by molar-refractivity contribution is 4.68. The number of rotatable bonds is 7. The van der Waals surface area contributed by atoms with Gasteiger partial charge in [0.2, 0.25) is 0 Å². The highest BCUT2D eigenvalue weighted by Crippen LogP contribution is 2.26. The highest BCUT2D eigenvalue weighted by atomic mass is 14.5. The van der Waals surface area contributed by atoms with E-state index in [1.165, 1.54) is 32.1 Å². The number of nitrogens with two attached hydrogens (primary N) is 1. The standard InChI is InChI=1S/C11H25N/c1-4-7-11(8-9-12)10(5-2)6-3/h10-11H,4-9,12H2,1-3H3. The summed E-state index contributed by atoms with van der Waals surface area (Å²) in [6.45, 7) is 7.73. The summed E-state index contributed by atoms with van der Waals surface area (Å²) in [6, 6.07) is 0. The summed E-state index contributed by atoms with van der Waals surface area (Å²) in [5.41, 5.74) is 5.61. The lowest BCUT2D eigenvalue weighted by Gasteiger charge is -2.24. The number of hydrogen-bond acceptors (Lipinski definition) is 1. The lowest BCUT2D eigenvalue weighted by molar-refractivity contribution is 0.279. The predicted octanol–water partition coefficient (Wildman–Crippen LogP) is 3.19. The van der Waals surface area contributed by atoms with Crippen molar-refractivity contribution in [1.29, 1.82) is 0 Å². The van der Waals surface area contributed by atoms with Crippen LogP contribution in [0.5, 0.6) is 0 Å². The van der Waals surface area contributed by atoms with Crippen LogP contribution in [0.25, 0.3) is 0 Å². The third kappa shape index (κ3) is 4.10. The van der Waals surface area contributed by atoms with E-state index < -0.39 is 0 Å². The minimum absolute atomic E-state index is 0.862. The Kier molecular flexibility index (Phi) is 7.58. The molecule has 12 heavy (non-hydrogen) atoms. The Bertz CT molecular complexity index is 81.0. The molecule has 1 nitrogen and oxygen atoms in total. The van der Waals surface area contributed by atoms with E-state index in [-0.39, 0.29) is 0 Å². The fourth-order valence-corrected chi connectivity index (χ4v) is 2.16. The molecule has 1 heteroatoms. The molecule has 0 aromatic heterocycles. The van der Waals surface area contributed by atoms with Gasteiger partial charge >= 0.3 is 0 Å². The van der Waals surface area contributed by atoms with Crippen LogP contribution in [-0.2, 0) is 0 Å².